The molecule has 1 aliphatic heterocycles. The lowest BCUT2D eigenvalue weighted by molar-refractivity contribution is -0.118. The molecule has 1 aliphatic carbocycles. The van der Waals surface area contributed by atoms with Crippen molar-refractivity contribution in [2.24, 2.45) is 5.41 Å². The van der Waals surface area contributed by atoms with E-state index in [4.69, 9.17) is 19.9 Å². The van der Waals surface area contributed by atoms with E-state index in [9.17, 15) is 4.79 Å². The minimum Gasteiger partial charge on any atom is -0.497 e. The largest absolute Gasteiger partial charge is 0.497 e. The van der Waals surface area contributed by atoms with Gasteiger partial charge in [0.05, 0.1) is 18.5 Å². The highest BCUT2D eigenvalue weighted by molar-refractivity contribution is 6.00. The quantitative estimate of drug-likeness (QED) is 0.274. The fourth-order valence-corrected chi connectivity index (χ4v) is 5.88. The molecule has 1 atom stereocenters. The number of rotatable bonds is 5. The number of nitrogens with one attached hydrogen (secondary N) is 1. The standard InChI is InChI=1S/C33H30N6O2/c1-33(2)18-26-28(27(40)19-33)30(39-32(34-26)35-31(37-39)22-10-6-4-7-11-22)25-20-38(23-12-8-5-9-13-23)36-29(25)21-14-16-24(41-3)17-15-21/h4-17,20,30H,18-19H2,1-3H3,(H,34,35,37)/t30-/m0/s1. The Morgan fingerprint density at radius 1 is 0.878 bits per heavy atom. The van der Waals surface area contributed by atoms with E-state index >= 15 is 0 Å². The first-order chi connectivity index (χ1) is 19.9. The number of ether oxygens (including phenoxy) is 1. The number of Topliss-reactive ketones (excluding diaryl/α,β-unsaturated/α-hetero) is 1. The minimum absolute atomic E-state index is 0.115. The number of allylic oxidation sites excluding steroid dienone is 2. The van der Waals surface area contributed by atoms with Gasteiger partial charge in [-0.05, 0) is 48.2 Å². The molecule has 41 heavy (non-hydrogen) atoms. The fraction of sp³-hybridized carbons (Fsp3) is 0.212. The van der Waals surface area contributed by atoms with Gasteiger partial charge in [-0.2, -0.15) is 10.1 Å². The molecule has 1 N–H and O–H groups in total. The van der Waals surface area contributed by atoms with Gasteiger partial charge in [-0.25, -0.2) is 9.36 Å². The van der Waals surface area contributed by atoms with E-state index in [0.29, 0.717) is 18.2 Å². The molecule has 0 radical (unpaired) electrons. The third kappa shape index (κ3) is 4.41. The van der Waals surface area contributed by atoms with Crippen LogP contribution in [0.1, 0.15) is 38.3 Å². The van der Waals surface area contributed by atoms with Gasteiger partial charge in [0.2, 0.25) is 5.95 Å². The second kappa shape index (κ2) is 9.59. The predicted octanol–water partition coefficient (Wildman–Crippen LogP) is 6.46. The number of methoxy groups -OCH3 is 1. The number of ketones is 1. The molecule has 8 nitrogen and oxygen atoms in total. The van der Waals surface area contributed by atoms with Crippen molar-refractivity contribution >= 4 is 11.7 Å². The molecule has 0 bridgehead atoms. The lowest BCUT2D eigenvalue weighted by Crippen LogP contribution is -2.36. The zero-order valence-corrected chi connectivity index (χ0v) is 23.2. The van der Waals surface area contributed by atoms with Crippen LogP contribution in [0.2, 0.25) is 0 Å². The van der Waals surface area contributed by atoms with Gasteiger partial charge in [-0.1, -0.05) is 62.4 Å². The van der Waals surface area contributed by atoms with Crippen LogP contribution in [0.4, 0.5) is 5.95 Å². The summed E-state index contributed by atoms with van der Waals surface area (Å²) in [6.45, 7) is 4.27. The van der Waals surface area contributed by atoms with Gasteiger partial charge in [0, 0.05) is 40.6 Å². The van der Waals surface area contributed by atoms with Gasteiger partial charge in [-0.3, -0.25) is 4.79 Å². The number of hydrogen-bond donors (Lipinski definition) is 1. The monoisotopic (exact) mass is 542 g/mol. The SMILES string of the molecule is COc1ccc(-c2nn(-c3ccccc3)cc2[C@H]2C3=C(CC(C)(C)CC3=O)Nc3nc(-c4ccccc4)nn32)cc1. The highest BCUT2D eigenvalue weighted by Gasteiger charge is 2.43. The normalized spacial score (nSPS) is 17.5. The number of para-hydroxylation sites is 1. The lowest BCUT2D eigenvalue weighted by atomic mass is 9.73. The molecule has 7 rings (SSSR count). The summed E-state index contributed by atoms with van der Waals surface area (Å²) in [5.41, 5.74) is 5.89. The van der Waals surface area contributed by atoms with Crippen LogP contribution in [0.25, 0.3) is 28.3 Å². The Bertz CT molecular complexity index is 1780. The number of hydrogen-bond acceptors (Lipinski definition) is 6. The molecule has 2 aliphatic rings. The second-order valence-corrected chi connectivity index (χ2v) is 11.4. The topological polar surface area (TPSA) is 86.9 Å². The van der Waals surface area contributed by atoms with E-state index in [-0.39, 0.29) is 11.2 Å². The van der Waals surface area contributed by atoms with Gasteiger partial charge in [0.25, 0.3) is 0 Å². The van der Waals surface area contributed by atoms with Crippen molar-refractivity contribution in [2.75, 3.05) is 12.4 Å². The Hall–Kier alpha value is -4.98. The van der Waals surface area contributed by atoms with Crippen molar-refractivity contribution in [2.45, 2.75) is 32.7 Å². The molecule has 8 heteroatoms. The van der Waals surface area contributed by atoms with Crippen molar-refractivity contribution in [1.82, 2.24) is 24.5 Å². The maximum absolute atomic E-state index is 13.9. The van der Waals surface area contributed by atoms with E-state index < -0.39 is 6.04 Å². The van der Waals surface area contributed by atoms with Crippen LogP contribution in [0.15, 0.2) is 102 Å². The molecule has 0 fully saturated rings. The van der Waals surface area contributed by atoms with Crippen molar-refractivity contribution in [3.05, 3.63) is 108 Å². The van der Waals surface area contributed by atoms with Crippen LogP contribution in [-0.4, -0.2) is 37.4 Å². The molecule has 0 saturated heterocycles. The summed E-state index contributed by atoms with van der Waals surface area (Å²) in [4.78, 5) is 18.8. The molecule has 0 saturated carbocycles. The summed E-state index contributed by atoms with van der Waals surface area (Å²) in [5, 5.41) is 13.5. The third-order valence-corrected chi connectivity index (χ3v) is 7.79. The lowest BCUT2D eigenvalue weighted by Gasteiger charge is -2.38. The number of aromatic nitrogens is 5. The van der Waals surface area contributed by atoms with Crippen LogP contribution in [-0.2, 0) is 4.79 Å². The van der Waals surface area contributed by atoms with Gasteiger partial charge in [-0.15, -0.1) is 5.10 Å². The summed E-state index contributed by atoms with van der Waals surface area (Å²) >= 11 is 0. The van der Waals surface area contributed by atoms with E-state index in [1.165, 1.54) is 0 Å². The Kier molecular flexibility index (Phi) is 5.85. The summed E-state index contributed by atoms with van der Waals surface area (Å²) in [5.74, 6) is 2.10. The Balaban J connectivity index is 1.47. The van der Waals surface area contributed by atoms with Gasteiger partial charge >= 0.3 is 0 Å². The maximum atomic E-state index is 13.9. The first-order valence-electron chi connectivity index (χ1n) is 13.7. The molecule has 3 heterocycles. The first-order valence-corrected chi connectivity index (χ1v) is 13.7. The van der Waals surface area contributed by atoms with Crippen LogP contribution in [0, 0.1) is 5.41 Å². The zero-order valence-electron chi connectivity index (χ0n) is 23.2. The Morgan fingerprint density at radius 3 is 2.29 bits per heavy atom. The number of anilines is 1. The Morgan fingerprint density at radius 2 is 1.59 bits per heavy atom. The molecule has 5 aromatic rings. The van der Waals surface area contributed by atoms with Crippen molar-refractivity contribution in [1.29, 1.82) is 0 Å². The molecule has 3 aromatic carbocycles. The van der Waals surface area contributed by atoms with Crippen molar-refractivity contribution in [3.8, 4) is 34.1 Å². The average Bonchev–Trinajstić information content (AvgIpc) is 3.61. The molecule has 2 aromatic heterocycles. The van der Waals surface area contributed by atoms with Crippen LogP contribution in [0.3, 0.4) is 0 Å². The average molecular weight is 543 g/mol. The number of benzene rings is 3. The summed E-state index contributed by atoms with van der Waals surface area (Å²) in [7, 11) is 1.65. The van der Waals surface area contributed by atoms with Crippen molar-refractivity contribution < 1.29 is 9.53 Å². The summed E-state index contributed by atoms with van der Waals surface area (Å²) < 4.78 is 9.15. The third-order valence-electron chi connectivity index (χ3n) is 7.79. The molecule has 0 unspecified atom stereocenters. The van der Waals surface area contributed by atoms with E-state index in [1.807, 2.05) is 100 Å². The highest BCUT2D eigenvalue weighted by atomic mass is 16.5. The second-order valence-electron chi connectivity index (χ2n) is 11.4. The zero-order chi connectivity index (χ0) is 28.1. The van der Waals surface area contributed by atoms with Gasteiger partial charge in [0.1, 0.15) is 11.8 Å². The number of carbonyl (C=O) groups is 1. The van der Waals surface area contributed by atoms with Gasteiger partial charge < -0.3 is 10.1 Å². The van der Waals surface area contributed by atoms with E-state index in [2.05, 4.69) is 19.2 Å². The molecule has 0 spiro atoms. The summed E-state index contributed by atoms with van der Waals surface area (Å²) in [6, 6.07) is 27.3. The summed E-state index contributed by atoms with van der Waals surface area (Å²) in [6.07, 6.45) is 3.23. The van der Waals surface area contributed by atoms with Crippen LogP contribution < -0.4 is 10.1 Å². The van der Waals surface area contributed by atoms with Crippen LogP contribution >= 0.6 is 0 Å². The molecular weight excluding hydrogens is 512 g/mol. The maximum Gasteiger partial charge on any atom is 0.226 e. The predicted molar refractivity (Wildman–Crippen MR) is 158 cm³/mol. The Labute approximate surface area is 238 Å². The van der Waals surface area contributed by atoms with E-state index in [0.717, 1.165) is 51.5 Å². The first kappa shape index (κ1) is 25.0. The highest BCUT2D eigenvalue weighted by Crippen LogP contribution is 2.47. The number of carbonyl (C=O) groups excluding carboxylic acids is 1. The molecule has 0 amide bonds. The smallest absolute Gasteiger partial charge is 0.226 e. The minimum atomic E-state index is -0.496. The number of fused-ring (bicyclic) bond motifs is 1. The van der Waals surface area contributed by atoms with Crippen molar-refractivity contribution in [3.63, 3.8) is 0 Å². The number of nitrogens with zero attached hydrogens (tertiary/aromatic N) is 5. The van der Waals surface area contributed by atoms with Crippen LogP contribution in [0.5, 0.6) is 5.75 Å². The fourth-order valence-electron chi connectivity index (χ4n) is 5.88. The van der Waals surface area contributed by atoms with E-state index in [1.54, 1.807) is 7.11 Å². The molecular formula is C33H30N6O2. The van der Waals surface area contributed by atoms with Gasteiger partial charge in [0.15, 0.2) is 11.6 Å². The molecule has 204 valence electrons.